The maximum Gasteiger partial charge on any atom is 0.271 e. The number of nitrogens with zero attached hydrogens (tertiary/aromatic N) is 2. The fourth-order valence-corrected chi connectivity index (χ4v) is 2.27. The number of hydrogen-bond acceptors (Lipinski definition) is 3. The van der Waals surface area contributed by atoms with Gasteiger partial charge in [0, 0.05) is 19.2 Å². The smallest absolute Gasteiger partial charge is 0.271 e. The number of nitrogens with one attached hydrogen (secondary N) is 1. The van der Waals surface area contributed by atoms with Gasteiger partial charge in [0.15, 0.2) is 0 Å². The van der Waals surface area contributed by atoms with E-state index >= 15 is 0 Å². The molecule has 5 heteroatoms. The number of rotatable bonds is 1. The van der Waals surface area contributed by atoms with Gasteiger partial charge in [-0.15, -0.1) is 0 Å². The van der Waals surface area contributed by atoms with Crippen molar-refractivity contribution in [3.05, 3.63) is 11.8 Å². The Bertz CT molecular complexity index is 418. The molecule has 2 rings (SSSR count). The second-order valence-corrected chi connectivity index (χ2v) is 5.81. The van der Waals surface area contributed by atoms with Gasteiger partial charge >= 0.3 is 0 Å². The van der Waals surface area contributed by atoms with Crippen molar-refractivity contribution in [3.63, 3.8) is 0 Å². The fraction of sp³-hybridized carbons (Fsp3) is 0.667. The second-order valence-electron chi connectivity index (χ2n) is 5.81. The number of nitrogen functional groups attached to an aromatic ring is 1. The Morgan fingerprint density at radius 1 is 1.59 bits per heavy atom. The third kappa shape index (κ3) is 2.43. The lowest BCUT2D eigenvalue weighted by Crippen LogP contribution is -2.31. The van der Waals surface area contributed by atoms with Gasteiger partial charge in [-0.2, -0.15) is 5.10 Å². The molecule has 0 aliphatic carbocycles. The first kappa shape index (κ1) is 12.0. The van der Waals surface area contributed by atoms with Crippen LogP contribution >= 0.6 is 0 Å². The van der Waals surface area contributed by atoms with Crippen molar-refractivity contribution in [2.75, 3.05) is 18.8 Å². The van der Waals surface area contributed by atoms with Crippen molar-refractivity contribution in [3.8, 4) is 0 Å². The lowest BCUT2D eigenvalue weighted by molar-refractivity contribution is 0.0770. The molecule has 1 unspecified atom stereocenters. The highest BCUT2D eigenvalue weighted by atomic mass is 16.2. The minimum absolute atomic E-state index is 0.000880. The highest BCUT2D eigenvalue weighted by molar-refractivity contribution is 5.93. The Kier molecular flexibility index (Phi) is 2.85. The van der Waals surface area contributed by atoms with E-state index in [2.05, 4.69) is 31.0 Å². The molecule has 0 aromatic carbocycles. The summed E-state index contributed by atoms with van der Waals surface area (Å²) in [4.78, 5) is 14.0. The van der Waals surface area contributed by atoms with Gasteiger partial charge in [0.2, 0.25) is 0 Å². The van der Waals surface area contributed by atoms with Crippen LogP contribution in [0.2, 0.25) is 0 Å². The fourth-order valence-electron chi connectivity index (χ4n) is 2.27. The summed E-state index contributed by atoms with van der Waals surface area (Å²) in [5.74, 6) is 0.924. The molecule has 1 fully saturated rings. The maximum absolute atomic E-state index is 12.1. The van der Waals surface area contributed by atoms with Crippen molar-refractivity contribution in [1.82, 2.24) is 15.1 Å². The van der Waals surface area contributed by atoms with E-state index in [9.17, 15) is 4.79 Å². The van der Waals surface area contributed by atoms with E-state index in [1.807, 2.05) is 4.90 Å². The average Bonchev–Trinajstić information content (AvgIpc) is 2.83. The molecule has 1 aliphatic heterocycles. The number of amides is 1. The van der Waals surface area contributed by atoms with Crippen molar-refractivity contribution in [2.24, 2.45) is 11.3 Å². The van der Waals surface area contributed by atoms with Gasteiger partial charge in [-0.1, -0.05) is 20.8 Å². The van der Waals surface area contributed by atoms with Crippen LogP contribution in [0, 0.1) is 11.3 Å². The summed E-state index contributed by atoms with van der Waals surface area (Å²) < 4.78 is 0. The molecule has 0 saturated carbocycles. The monoisotopic (exact) mass is 236 g/mol. The molecule has 1 atom stereocenters. The number of likely N-dealkylation sites (tertiary alicyclic amines) is 1. The number of nitrogens with two attached hydrogens (primary N) is 1. The molecule has 1 aliphatic rings. The Labute approximate surface area is 101 Å². The Hall–Kier alpha value is -1.52. The highest BCUT2D eigenvalue weighted by Crippen LogP contribution is 2.33. The summed E-state index contributed by atoms with van der Waals surface area (Å²) in [5.41, 5.74) is 6.23. The lowest BCUT2D eigenvalue weighted by atomic mass is 9.80. The molecule has 0 bridgehead atoms. The first-order valence-electron chi connectivity index (χ1n) is 5.98. The van der Waals surface area contributed by atoms with Gasteiger partial charge in [0.25, 0.3) is 5.91 Å². The number of carbonyl (C=O) groups is 1. The van der Waals surface area contributed by atoms with E-state index in [-0.39, 0.29) is 11.3 Å². The molecule has 0 spiro atoms. The van der Waals surface area contributed by atoms with E-state index in [4.69, 9.17) is 5.73 Å². The van der Waals surface area contributed by atoms with E-state index in [1.165, 1.54) is 0 Å². The summed E-state index contributed by atoms with van der Waals surface area (Å²) in [6.07, 6.45) is 1.07. The molecular weight excluding hydrogens is 216 g/mol. The number of aromatic nitrogens is 2. The summed E-state index contributed by atoms with van der Waals surface area (Å²) in [7, 11) is 0. The normalized spacial score (nSPS) is 20.9. The maximum atomic E-state index is 12.1. The number of carbonyl (C=O) groups excluding carboxylic acids is 1. The minimum Gasteiger partial charge on any atom is -0.382 e. The second kappa shape index (κ2) is 4.05. The van der Waals surface area contributed by atoms with Crippen LogP contribution in [-0.4, -0.2) is 34.1 Å². The van der Waals surface area contributed by atoms with E-state index < -0.39 is 0 Å². The molecule has 3 N–H and O–H groups in total. The molecule has 1 aromatic heterocycles. The quantitative estimate of drug-likeness (QED) is 0.776. The summed E-state index contributed by atoms with van der Waals surface area (Å²) in [6.45, 7) is 8.31. The summed E-state index contributed by atoms with van der Waals surface area (Å²) in [5, 5.41) is 6.45. The molecule has 1 aromatic rings. The summed E-state index contributed by atoms with van der Waals surface area (Å²) in [6, 6.07) is 1.59. The van der Waals surface area contributed by atoms with Gasteiger partial charge in [0.1, 0.15) is 11.5 Å². The SMILES string of the molecule is CC(C)(C)C1CCN(C(=O)c2cc(N)n[nH]2)C1. The van der Waals surface area contributed by atoms with Gasteiger partial charge in [-0.3, -0.25) is 9.89 Å². The van der Waals surface area contributed by atoms with E-state index in [0.717, 1.165) is 19.5 Å². The molecule has 5 nitrogen and oxygen atoms in total. The van der Waals surface area contributed by atoms with Crippen LogP contribution in [0.5, 0.6) is 0 Å². The molecule has 17 heavy (non-hydrogen) atoms. The topological polar surface area (TPSA) is 75.0 Å². The van der Waals surface area contributed by atoms with Crippen molar-refractivity contribution < 1.29 is 4.79 Å². The van der Waals surface area contributed by atoms with Crippen LogP contribution in [0.15, 0.2) is 6.07 Å². The van der Waals surface area contributed by atoms with Crippen LogP contribution in [0.4, 0.5) is 5.82 Å². The van der Waals surface area contributed by atoms with Gasteiger partial charge in [-0.25, -0.2) is 0 Å². The molecule has 1 amide bonds. The number of anilines is 1. The van der Waals surface area contributed by atoms with Crippen molar-refractivity contribution in [1.29, 1.82) is 0 Å². The number of aromatic amines is 1. The van der Waals surface area contributed by atoms with Crippen molar-refractivity contribution >= 4 is 11.7 Å². The van der Waals surface area contributed by atoms with Crippen molar-refractivity contribution in [2.45, 2.75) is 27.2 Å². The zero-order valence-corrected chi connectivity index (χ0v) is 10.7. The average molecular weight is 236 g/mol. The summed E-state index contributed by atoms with van der Waals surface area (Å²) >= 11 is 0. The Morgan fingerprint density at radius 2 is 2.29 bits per heavy atom. The van der Waals surface area contributed by atoms with Crippen LogP contribution < -0.4 is 5.73 Å². The van der Waals surface area contributed by atoms with Gasteiger partial charge < -0.3 is 10.6 Å². The predicted octanol–water partition coefficient (Wildman–Crippen LogP) is 1.50. The zero-order valence-electron chi connectivity index (χ0n) is 10.7. The van der Waals surface area contributed by atoms with Crippen LogP contribution in [-0.2, 0) is 0 Å². The number of hydrogen-bond donors (Lipinski definition) is 2. The minimum atomic E-state index is 0.000880. The first-order valence-corrected chi connectivity index (χ1v) is 5.98. The van der Waals surface area contributed by atoms with E-state index in [1.54, 1.807) is 6.07 Å². The Balaban J connectivity index is 2.04. The largest absolute Gasteiger partial charge is 0.382 e. The van der Waals surface area contributed by atoms with Gasteiger partial charge in [0.05, 0.1) is 0 Å². The Morgan fingerprint density at radius 3 is 2.76 bits per heavy atom. The third-order valence-electron chi connectivity index (χ3n) is 3.53. The number of H-pyrrole nitrogens is 1. The highest BCUT2D eigenvalue weighted by Gasteiger charge is 2.34. The molecule has 2 heterocycles. The van der Waals surface area contributed by atoms with E-state index in [0.29, 0.717) is 17.4 Å². The standard InChI is InChI=1S/C12H20N4O/c1-12(2,3)8-4-5-16(7-8)11(17)9-6-10(13)15-14-9/h6,8H,4-5,7H2,1-3H3,(H3,13,14,15). The van der Waals surface area contributed by atoms with Crippen LogP contribution in [0.1, 0.15) is 37.7 Å². The molecule has 94 valence electrons. The zero-order chi connectivity index (χ0) is 12.6. The van der Waals surface area contributed by atoms with Crippen LogP contribution in [0.25, 0.3) is 0 Å². The lowest BCUT2D eigenvalue weighted by Gasteiger charge is -2.26. The predicted molar refractivity (Wildman–Crippen MR) is 66.5 cm³/mol. The first-order chi connectivity index (χ1) is 7.88. The molecule has 1 saturated heterocycles. The molecular formula is C12H20N4O. The van der Waals surface area contributed by atoms with Crippen LogP contribution in [0.3, 0.4) is 0 Å². The third-order valence-corrected chi connectivity index (χ3v) is 3.53. The molecule has 0 radical (unpaired) electrons. The van der Waals surface area contributed by atoms with Gasteiger partial charge in [-0.05, 0) is 17.8 Å².